The van der Waals surface area contributed by atoms with Crippen molar-refractivity contribution >= 4 is 68.8 Å². The number of amidine groups is 1. The predicted octanol–water partition coefficient (Wildman–Crippen LogP) is 4.68. The second-order valence-electron chi connectivity index (χ2n) is 17.3. The van der Waals surface area contributed by atoms with Gasteiger partial charge in [0, 0.05) is 112 Å². The summed E-state index contributed by atoms with van der Waals surface area (Å²) in [4.78, 5) is 69.6. The molecule has 4 aliphatic rings. The fourth-order valence-corrected chi connectivity index (χ4v) is 8.80. The van der Waals surface area contributed by atoms with E-state index < -0.39 is 23.0 Å². The number of piperazine rings is 2. The maximum absolute atomic E-state index is 15.4. The number of rotatable bonds is 15. The first-order valence-corrected chi connectivity index (χ1v) is 22.5. The topological polar surface area (TPSA) is 253 Å². The number of nitrogens with two attached hydrogens (primary N) is 2. The van der Waals surface area contributed by atoms with Crippen LogP contribution in [0.15, 0.2) is 62.3 Å². The molecule has 66 heavy (non-hydrogen) atoms. The van der Waals surface area contributed by atoms with E-state index >= 15 is 8.78 Å². The van der Waals surface area contributed by atoms with Crippen molar-refractivity contribution < 1.29 is 28.3 Å². The van der Waals surface area contributed by atoms with Crippen molar-refractivity contribution in [2.45, 2.75) is 82.7 Å². The lowest BCUT2D eigenvalue weighted by Crippen LogP contribution is -2.51. The van der Waals surface area contributed by atoms with Crippen LogP contribution in [-0.4, -0.2) is 119 Å². The molecule has 350 valence electrons. The van der Waals surface area contributed by atoms with E-state index in [1.807, 2.05) is 25.8 Å². The van der Waals surface area contributed by atoms with Gasteiger partial charge in [0.2, 0.25) is 11.4 Å². The van der Waals surface area contributed by atoms with Crippen LogP contribution in [0.5, 0.6) is 0 Å². The molecular weight excluding hydrogens is 855 g/mol. The van der Waals surface area contributed by atoms with Gasteiger partial charge in [0.05, 0.1) is 22.4 Å². The molecule has 20 heteroatoms. The molecule has 2 saturated carbocycles. The molecule has 4 heterocycles. The summed E-state index contributed by atoms with van der Waals surface area (Å²) in [7, 11) is 0. The molecule has 2 saturated heterocycles. The number of carboxylic acid groups (broad SMARTS) is 1. The van der Waals surface area contributed by atoms with Gasteiger partial charge in [-0.25, -0.2) is 13.6 Å². The summed E-state index contributed by atoms with van der Waals surface area (Å²) in [6.45, 7) is 4.56. The smallest absolute Gasteiger partial charge is 0.373 e. The van der Waals surface area contributed by atoms with E-state index in [0.29, 0.717) is 112 Å². The Bertz CT molecular complexity index is 2710. The van der Waals surface area contributed by atoms with Crippen LogP contribution in [0.2, 0.25) is 0 Å². The summed E-state index contributed by atoms with van der Waals surface area (Å²) in [5.41, 5.74) is 13.8. The molecule has 2 aromatic heterocycles. The number of aliphatic imine (C=N–C) groups is 2. The zero-order chi connectivity index (χ0) is 47.1. The molecule has 2 aliphatic heterocycles. The highest BCUT2D eigenvalue weighted by Crippen LogP contribution is 2.39. The first-order valence-electron chi connectivity index (χ1n) is 22.5. The molecular formula is C46H56F2N12O6. The van der Waals surface area contributed by atoms with Gasteiger partial charge in [0.15, 0.2) is 11.4 Å². The van der Waals surface area contributed by atoms with Gasteiger partial charge in [-0.05, 0) is 69.2 Å². The molecule has 7 N–H and O–H groups in total. The number of nitrogens with zero attached hydrogens (tertiary/aromatic N) is 8. The Morgan fingerprint density at radius 3 is 1.88 bits per heavy atom. The standard InChI is InChI=1S/C45H56F2N12O4.CO2/c46-34-23-31-36(58(29-7-8-29)13-11-40(31)60)25-38(34)54-14-18-56(19-15-54)41(49)22-28(48)6-4-2-1-3-5-12-52-44(50)53-45(51)57-20-16-55(17-21-57)39-26-37-32(24-35(39)47)42(61)33(43(62)63)27-59(37)30-9-10-30;2-1-3/h11,13,23-27,29-30,48-49H,1-10,12,14-22H2,(H,62,63)(H4,50,51,52,53);. The van der Waals surface area contributed by atoms with Crippen LogP contribution in [-0.2, 0) is 9.59 Å². The summed E-state index contributed by atoms with van der Waals surface area (Å²) in [5.74, 6) is -1.58. The lowest BCUT2D eigenvalue weighted by molar-refractivity contribution is -0.191. The number of aromatic nitrogens is 2. The Balaban J connectivity index is 0.00000210. The number of guanidine groups is 2. The number of hydrogen-bond donors (Lipinski definition) is 5. The van der Waals surface area contributed by atoms with Crippen LogP contribution in [0.25, 0.3) is 21.8 Å². The SMILES string of the molecule is N=C(CCCCCCCN=C(N)N=C(N)N1CCN(c2cc3c(cc2F)c(=O)c(C(=O)O)cn3C2CC2)CC1)CC(=N)N1CCN(c2cc3c(cc2F)c(=O)ccn3C2CC2)CC1.O=C=O. The van der Waals surface area contributed by atoms with Crippen LogP contribution in [0.1, 0.15) is 93.1 Å². The second kappa shape index (κ2) is 20.9. The number of hydrogen-bond acceptors (Lipinski definition) is 10. The number of aromatic carboxylic acids is 1. The minimum absolute atomic E-state index is 0.0602. The van der Waals surface area contributed by atoms with Gasteiger partial charge in [-0.1, -0.05) is 19.3 Å². The number of pyridine rings is 2. The average molecular weight is 911 g/mol. The highest BCUT2D eigenvalue weighted by molar-refractivity contribution is 6.01. The van der Waals surface area contributed by atoms with E-state index in [0.717, 1.165) is 69.4 Å². The monoisotopic (exact) mass is 910 g/mol. The number of nitrogens with one attached hydrogen (secondary N) is 2. The number of anilines is 2. The maximum Gasteiger partial charge on any atom is 0.373 e. The minimum Gasteiger partial charge on any atom is -0.477 e. The van der Waals surface area contributed by atoms with Crippen molar-refractivity contribution in [1.82, 2.24) is 18.9 Å². The zero-order valence-electron chi connectivity index (χ0n) is 36.8. The van der Waals surface area contributed by atoms with Crippen LogP contribution in [0.4, 0.5) is 20.2 Å². The van der Waals surface area contributed by atoms with Crippen molar-refractivity contribution in [1.29, 1.82) is 10.8 Å². The lowest BCUT2D eigenvalue weighted by Gasteiger charge is -2.37. The molecule has 8 rings (SSSR count). The second-order valence-corrected chi connectivity index (χ2v) is 17.3. The van der Waals surface area contributed by atoms with Crippen molar-refractivity contribution in [3.8, 4) is 0 Å². The fraction of sp³-hybridized carbons (Fsp3) is 0.478. The molecule has 0 unspecified atom stereocenters. The number of fused-ring (bicyclic) bond motifs is 2. The number of halogens is 2. The molecule has 4 aromatic rings. The van der Waals surface area contributed by atoms with Crippen molar-refractivity contribution in [3.05, 3.63) is 80.4 Å². The molecule has 4 fully saturated rings. The fourth-order valence-electron chi connectivity index (χ4n) is 8.80. The molecule has 2 aliphatic carbocycles. The maximum atomic E-state index is 15.4. The van der Waals surface area contributed by atoms with E-state index in [9.17, 15) is 19.5 Å². The molecule has 18 nitrogen and oxygen atoms in total. The van der Waals surface area contributed by atoms with Gasteiger partial charge >= 0.3 is 12.1 Å². The van der Waals surface area contributed by atoms with E-state index in [1.54, 1.807) is 16.7 Å². The van der Waals surface area contributed by atoms with Gasteiger partial charge in [-0.15, -0.1) is 0 Å². The van der Waals surface area contributed by atoms with Crippen molar-refractivity contribution in [2.75, 3.05) is 68.7 Å². The zero-order valence-corrected chi connectivity index (χ0v) is 36.8. The van der Waals surface area contributed by atoms with E-state index in [1.165, 1.54) is 18.3 Å². The van der Waals surface area contributed by atoms with E-state index in [2.05, 4.69) is 14.6 Å². The number of carbonyl (C=O) groups is 1. The van der Waals surface area contributed by atoms with Crippen LogP contribution in [0, 0.1) is 22.5 Å². The quantitative estimate of drug-likeness (QED) is 0.0620. The highest BCUT2D eigenvalue weighted by Gasteiger charge is 2.30. The largest absolute Gasteiger partial charge is 0.477 e. The van der Waals surface area contributed by atoms with Gasteiger partial charge in [0.25, 0.3) is 0 Å². The molecule has 0 radical (unpaired) electrons. The van der Waals surface area contributed by atoms with Crippen molar-refractivity contribution in [3.63, 3.8) is 0 Å². The molecule has 0 spiro atoms. The lowest BCUT2D eigenvalue weighted by atomic mass is 10.1. The Kier molecular flexibility index (Phi) is 14.9. The van der Waals surface area contributed by atoms with Gasteiger partial charge < -0.3 is 50.7 Å². The first kappa shape index (κ1) is 47.0. The summed E-state index contributed by atoms with van der Waals surface area (Å²) in [6.07, 6.45) is 12.8. The first-order chi connectivity index (χ1) is 31.8. The molecule has 2 aromatic carbocycles. The predicted molar refractivity (Wildman–Crippen MR) is 248 cm³/mol. The van der Waals surface area contributed by atoms with Gasteiger partial charge in [-0.2, -0.15) is 14.6 Å². The van der Waals surface area contributed by atoms with Crippen molar-refractivity contribution in [2.24, 2.45) is 21.5 Å². The van der Waals surface area contributed by atoms with Crippen LogP contribution >= 0.6 is 0 Å². The van der Waals surface area contributed by atoms with Gasteiger partial charge in [-0.3, -0.25) is 20.0 Å². The average Bonchev–Trinajstić information content (AvgIpc) is 4.24. The summed E-state index contributed by atoms with van der Waals surface area (Å²) in [6, 6.07) is 7.93. The Morgan fingerprint density at radius 1 is 0.758 bits per heavy atom. The minimum atomic E-state index is -1.33. The Morgan fingerprint density at radius 2 is 1.29 bits per heavy atom. The number of benzene rings is 2. The molecule has 0 amide bonds. The summed E-state index contributed by atoms with van der Waals surface area (Å²) < 4.78 is 34.5. The summed E-state index contributed by atoms with van der Waals surface area (Å²) in [5, 5.41) is 27.1. The Labute approximate surface area is 379 Å². The normalized spacial score (nSPS) is 16.9. The third-order valence-corrected chi connectivity index (χ3v) is 12.7. The van der Waals surface area contributed by atoms with E-state index in [4.69, 9.17) is 31.9 Å². The number of unbranched alkanes of at least 4 members (excludes halogenated alkanes) is 4. The molecule has 0 bridgehead atoms. The highest BCUT2D eigenvalue weighted by atomic mass is 19.1. The third kappa shape index (κ3) is 11.1. The van der Waals surface area contributed by atoms with Crippen LogP contribution < -0.4 is 32.1 Å². The number of carboxylic acids is 1. The summed E-state index contributed by atoms with van der Waals surface area (Å²) >= 11 is 0. The van der Waals surface area contributed by atoms with E-state index in [-0.39, 0.29) is 40.5 Å². The van der Waals surface area contributed by atoms with Crippen LogP contribution in [0.3, 0.4) is 0 Å². The number of carbonyl (C=O) groups excluding carboxylic acids is 2. The third-order valence-electron chi connectivity index (χ3n) is 12.7. The Hall–Kier alpha value is -6.95. The van der Waals surface area contributed by atoms with Gasteiger partial charge in [0.1, 0.15) is 23.0 Å². The molecule has 0 atom stereocenters.